The van der Waals surface area contributed by atoms with Crippen LogP contribution in [0.3, 0.4) is 0 Å². The molecule has 4 aromatic rings. The van der Waals surface area contributed by atoms with Crippen molar-refractivity contribution >= 4 is 57.0 Å². The van der Waals surface area contributed by atoms with E-state index < -0.39 is 0 Å². The zero-order chi connectivity index (χ0) is 19.0. The van der Waals surface area contributed by atoms with E-state index in [9.17, 15) is 4.79 Å². The van der Waals surface area contributed by atoms with Gasteiger partial charge in [0.15, 0.2) is 5.65 Å². The molecule has 136 valence electrons. The minimum absolute atomic E-state index is 0.158. The number of nitrogens with zero attached hydrogens (tertiary/aromatic N) is 3. The summed E-state index contributed by atoms with van der Waals surface area (Å²) in [7, 11) is 0. The Hall–Kier alpha value is -2.64. The molecule has 0 spiro atoms. The number of benzene rings is 2. The summed E-state index contributed by atoms with van der Waals surface area (Å²) in [5.74, 6) is 0.0204. The molecule has 2 aromatic carbocycles. The van der Waals surface area contributed by atoms with E-state index in [1.165, 1.54) is 17.3 Å². The molecule has 2 heterocycles. The molecule has 0 unspecified atom stereocenters. The van der Waals surface area contributed by atoms with Crippen molar-refractivity contribution in [3.8, 4) is 0 Å². The molecule has 0 aliphatic carbocycles. The van der Waals surface area contributed by atoms with Crippen molar-refractivity contribution in [2.75, 3.05) is 11.1 Å². The fraction of sp³-hybridized carbons (Fsp3) is 0.158. The number of amides is 1. The zero-order valence-corrected chi connectivity index (χ0v) is 16.3. The van der Waals surface area contributed by atoms with Crippen molar-refractivity contribution < 1.29 is 4.79 Å². The first-order valence-electron chi connectivity index (χ1n) is 8.31. The number of fused-ring (bicyclic) bond motifs is 3. The van der Waals surface area contributed by atoms with Gasteiger partial charge in [0.2, 0.25) is 11.1 Å². The number of nitrogens with one attached hydrogen (secondary N) is 2. The van der Waals surface area contributed by atoms with E-state index in [1.807, 2.05) is 6.92 Å². The van der Waals surface area contributed by atoms with Gasteiger partial charge in [-0.2, -0.15) is 0 Å². The van der Waals surface area contributed by atoms with Crippen LogP contribution in [0.25, 0.3) is 22.1 Å². The van der Waals surface area contributed by atoms with Crippen LogP contribution >= 0.6 is 23.4 Å². The predicted molar refractivity (Wildman–Crippen MR) is 109 cm³/mol. The highest BCUT2D eigenvalue weighted by Gasteiger charge is 2.12. The average molecular weight is 398 g/mol. The number of hydrogen-bond donors (Lipinski definition) is 2. The fourth-order valence-electron chi connectivity index (χ4n) is 2.97. The Kier molecular flexibility index (Phi) is 4.72. The van der Waals surface area contributed by atoms with Gasteiger partial charge in [-0.05, 0) is 43.7 Å². The summed E-state index contributed by atoms with van der Waals surface area (Å²) >= 11 is 7.16. The summed E-state index contributed by atoms with van der Waals surface area (Å²) in [6.45, 7) is 4.10. The molecule has 1 amide bonds. The third-order valence-corrected chi connectivity index (χ3v) is 5.16. The summed E-state index contributed by atoms with van der Waals surface area (Å²) < 4.78 is 0. The maximum absolute atomic E-state index is 12.1. The summed E-state index contributed by atoms with van der Waals surface area (Å²) in [4.78, 5) is 19.9. The van der Waals surface area contributed by atoms with Crippen molar-refractivity contribution in [3.63, 3.8) is 0 Å². The van der Waals surface area contributed by atoms with E-state index >= 15 is 0 Å². The van der Waals surface area contributed by atoms with E-state index in [2.05, 4.69) is 44.5 Å². The standard InChI is InChI=1S/C19H16ClN5OS/c1-10-6-11(2)16-14(7-10)17-18(22-16)23-19(25-24-17)27-9-15(26)21-13-5-3-4-12(20)8-13/h3-8H,9H2,1-2H3,(H,21,26)(H,22,23,25). The van der Waals surface area contributed by atoms with Crippen molar-refractivity contribution in [1.29, 1.82) is 0 Å². The lowest BCUT2D eigenvalue weighted by atomic mass is 10.1. The Morgan fingerprint density at radius 2 is 2.07 bits per heavy atom. The largest absolute Gasteiger partial charge is 0.337 e. The summed E-state index contributed by atoms with van der Waals surface area (Å²) in [5.41, 5.74) is 5.39. The molecule has 0 atom stereocenters. The number of carbonyl (C=O) groups excluding carboxylic acids is 1. The molecular formula is C19H16ClN5OS. The van der Waals surface area contributed by atoms with E-state index in [1.54, 1.807) is 24.3 Å². The maximum atomic E-state index is 12.1. The summed E-state index contributed by atoms with van der Waals surface area (Å²) in [6.07, 6.45) is 0. The molecule has 4 rings (SSSR count). The van der Waals surface area contributed by atoms with Crippen LogP contribution in [0.15, 0.2) is 41.6 Å². The van der Waals surface area contributed by atoms with E-state index in [4.69, 9.17) is 11.6 Å². The molecule has 0 radical (unpaired) electrons. The number of aryl methyl sites for hydroxylation is 2. The van der Waals surface area contributed by atoms with Gasteiger partial charge in [-0.1, -0.05) is 41.1 Å². The molecule has 2 aromatic heterocycles. The summed E-state index contributed by atoms with van der Waals surface area (Å²) in [5, 5.41) is 13.3. The van der Waals surface area contributed by atoms with Crippen LogP contribution in [0, 0.1) is 13.8 Å². The van der Waals surface area contributed by atoms with Crippen LogP contribution in [0.4, 0.5) is 5.69 Å². The highest BCUT2D eigenvalue weighted by atomic mass is 35.5. The third-order valence-electron chi connectivity index (χ3n) is 4.09. The van der Waals surface area contributed by atoms with Gasteiger partial charge in [0.05, 0.1) is 11.3 Å². The molecule has 8 heteroatoms. The minimum Gasteiger partial charge on any atom is -0.337 e. The van der Waals surface area contributed by atoms with Crippen LogP contribution < -0.4 is 5.32 Å². The Morgan fingerprint density at radius 3 is 2.89 bits per heavy atom. The normalized spacial score (nSPS) is 11.2. The number of thioether (sulfide) groups is 1. The topological polar surface area (TPSA) is 83.6 Å². The monoisotopic (exact) mass is 397 g/mol. The van der Waals surface area contributed by atoms with Crippen LogP contribution in [0.2, 0.25) is 5.02 Å². The molecular weight excluding hydrogens is 382 g/mol. The van der Waals surface area contributed by atoms with Gasteiger partial charge < -0.3 is 10.3 Å². The second-order valence-corrected chi connectivity index (χ2v) is 7.65. The molecule has 0 fully saturated rings. The lowest BCUT2D eigenvalue weighted by Gasteiger charge is -2.04. The van der Waals surface area contributed by atoms with E-state index in [0.29, 0.717) is 21.5 Å². The van der Waals surface area contributed by atoms with Gasteiger partial charge in [0, 0.05) is 16.1 Å². The number of hydrogen-bond acceptors (Lipinski definition) is 5. The number of carbonyl (C=O) groups is 1. The van der Waals surface area contributed by atoms with Gasteiger partial charge in [0.25, 0.3) is 0 Å². The van der Waals surface area contributed by atoms with Crippen LogP contribution in [-0.2, 0) is 4.79 Å². The second kappa shape index (κ2) is 7.17. The van der Waals surface area contributed by atoms with Crippen LogP contribution in [0.5, 0.6) is 0 Å². The average Bonchev–Trinajstić information content (AvgIpc) is 2.98. The Labute approximate surface area is 164 Å². The molecule has 0 bridgehead atoms. The van der Waals surface area contributed by atoms with E-state index in [-0.39, 0.29) is 11.7 Å². The van der Waals surface area contributed by atoms with Gasteiger partial charge in [-0.15, -0.1) is 10.2 Å². The van der Waals surface area contributed by atoms with E-state index in [0.717, 1.165) is 22.0 Å². The van der Waals surface area contributed by atoms with Crippen LogP contribution in [-0.4, -0.2) is 31.8 Å². The first-order chi connectivity index (χ1) is 13.0. The quantitative estimate of drug-likeness (QED) is 0.495. The second-order valence-electron chi connectivity index (χ2n) is 6.27. The van der Waals surface area contributed by atoms with Crippen molar-refractivity contribution in [2.24, 2.45) is 0 Å². The van der Waals surface area contributed by atoms with Crippen molar-refractivity contribution in [1.82, 2.24) is 20.2 Å². The Morgan fingerprint density at radius 1 is 1.22 bits per heavy atom. The molecule has 0 aliphatic rings. The van der Waals surface area contributed by atoms with Crippen molar-refractivity contribution in [2.45, 2.75) is 19.0 Å². The third kappa shape index (κ3) is 3.74. The zero-order valence-electron chi connectivity index (χ0n) is 14.7. The highest BCUT2D eigenvalue weighted by Crippen LogP contribution is 2.27. The first kappa shape index (κ1) is 17.8. The number of aromatic nitrogens is 4. The molecule has 0 aliphatic heterocycles. The van der Waals surface area contributed by atoms with Gasteiger partial charge in [0.1, 0.15) is 5.52 Å². The van der Waals surface area contributed by atoms with Gasteiger partial charge >= 0.3 is 0 Å². The molecule has 27 heavy (non-hydrogen) atoms. The fourth-order valence-corrected chi connectivity index (χ4v) is 3.75. The highest BCUT2D eigenvalue weighted by molar-refractivity contribution is 7.99. The lowest BCUT2D eigenvalue weighted by Crippen LogP contribution is -2.14. The summed E-state index contributed by atoms with van der Waals surface area (Å²) in [6, 6.07) is 11.2. The minimum atomic E-state index is -0.158. The molecule has 2 N–H and O–H groups in total. The van der Waals surface area contributed by atoms with Gasteiger partial charge in [-0.3, -0.25) is 4.79 Å². The smallest absolute Gasteiger partial charge is 0.234 e. The molecule has 0 saturated carbocycles. The number of anilines is 1. The first-order valence-corrected chi connectivity index (χ1v) is 9.67. The number of halogens is 1. The Bertz CT molecular complexity index is 1170. The predicted octanol–water partition coefficient (Wildman–Crippen LogP) is 4.51. The van der Waals surface area contributed by atoms with Crippen LogP contribution in [0.1, 0.15) is 11.1 Å². The lowest BCUT2D eigenvalue weighted by molar-refractivity contribution is -0.113. The number of H-pyrrole nitrogens is 1. The molecule has 6 nitrogen and oxygen atoms in total. The van der Waals surface area contributed by atoms with Gasteiger partial charge in [-0.25, -0.2) is 4.98 Å². The van der Waals surface area contributed by atoms with Crippen molar-refractivity contribution in [3.05, 3.63) is 52.5 Å². The molecule has 0 saturated heterocycles. The maximum Gasteiger partial charge on any atom is 0.234 e. The SMILES string of the molecule is Cc1cc(C)c2[nH]c3nc(SCC(=O)Nc4cccc(Cl)c4)nnc3c2c1. The Balaban J connectivity index is 1.51. The number of rotatable bonds is 4. The number of aromatic amines is 1.